The number of rotatable bonds is 6. The molecule has 0 N–H and O–H groups in total. The first-order chi connectivity index (χ1) is 30.2. The van der Waals surface area contributed by atoms with Crippen LogP contribution in [0.15, 0.2) is 223 Å². The average Bonchev–Trinajstić information content (AvgIpc) is 3.71. The molecule has 0 atom stereocenters. The Morgan fingerprint density at radius 3 is 1.69 bits per heavy atom. The van der Waals surface area contributed by atoms with E-state index in [1.807, 2.05) is 18.2 Å². The van der Waals surface area contributed by atoms with Crippen molar-refractivity contribution in [3.8, 4) is 67.3 Å². The highest BCUT2D eigenvalue weighted by atomic mass is 16.3. The molecule has 10 aromatic carbocycles. The van der Waals surface area contributed by atoms with E-state index in [1.54, 1.807) is 0 Å². The van der Waals surface area contributed by atoms with E-state index in [-0.39, 0.29) is 0 Å². The van der Waals surface area contributed by atoms with E-state index in [1.165, 1.54) is 43.4 Å². The highest BCUT2D eigenvalue weighted by Gasteiger charge is 2.17. The molecule has 12 rings (SSSR count). The molecule has 0 aliphatic heterocycles. The molecular formula is C58H36N2O. The van der Waals surface area contributed by atoms with E-state index >= 15 is 0 Å². The van der Waals surface area contributed by atoms with Gasteiger partial charge in [-0.1, -0.05) is 188 Å². The van der Waals surface area contributed by atoms with Crippen LogP contribution in [0.1, 0.15) is 0 Å². The summed E-state index contributed by atoms with van der Waals surface area (Å²) in [6.07, 6.45) is 0. The molecule has 0 unspecified atom stereocenters. The molecule has 2 heterocycles. The Bertz CT molecular complexity index is 3620. The third-order valence-electron chi connectivity index (χ3n) is 12.1. The maximum Gasteiger partial charge on any atom is 0.160 e. The lowest BCUT2D eigenvalue weighted by Gasteiger charge is -2.15. The van der Waals surface area contributed by atoms with Crippen LogP contribution in [0.25, 0.3) is 122 Å². The van der Waals surface area contributed by atoms with E-state index < -0.39 is 0 Å². The minimum absolute atomic E-state index is 0.672. The van der Waals surface area contributed by atoms with Gasteiger partial charge in [0.1, 0.15) is 11.2 Å². The van der Waals surface area contributed by atoms with Crippen LogP contribution in [-0.2, 0) is 0 Å². The third-order valence-corrected chi connectivity index (χ3v) is 12.1. The minimum atomic E-state index is 0.672. The summed E-state index contributed by atoms with van der Waals surface area (Å²) in [6.45, 7) is 0. The number of benzene rings is 10. The van der Waals surface area contributed by atoms with Crippen LogP contribution in [0.4, 0.5) is 0 Å². The van der Waals surface area contributed by atoms with E-state index in [4.69, 9.17) is 14.4 Å². The standard InChI is InChI=1S/C58H36N2O/c1-2-12-37(13-3-1)38-22-28-42(29-23-38)58-59-53(36-54(60-58)48-19-9-8-17-46(48)44-31-32-50-49-20-10-11-21-55(49)61-56(50)35-44)40-24-26-41(27-25-40)57-47-18-7-5-15-43(47)34-52-45-16-6-4-14-39(45)30-33-51(52)57/h1-36H. The number of furan rings is 1. The van der Waals surface area contributed by atoms with Crippen LogP contribution in [0.5, 0.6) is 0 Å². The van der Waals surface area contributed by atoms with Crippen molar-refractivity contribution in [2.45, 2.75) is 0 Å². The van der Waals surface area contributed by atoms with Crippen molar-refractivity contribution in [1.29, 1.82) is 0 Å². The minimum Gasteiger partial charge on any atom is -0.456 e. The molecule has 12 aromatic rings. The smallest absolute Gasteiger partial charge is 0.160 e. The molecule has 284 valence electrons. The fourth-order valence-electron chi connectivity index (χ4n) is 9.10. The van der Waals surface area contributed by atoms with Crippen LogP contribution in [0.3, 0.4) is 0 Å². The lowest BCUT2D eigenvalue weighted by molar-refractivity contribution is 0.669. The second-order valence-electron chi connectivity index (χ2n) is 15.7. The van der Waals surface area contributed by atoms with Gasteiger partial charge < -0.3 is 4.42 Å². The second-order valence-corrected chi connectivity index (χ2v) is 15.7. The van der Waals surface area contributed by atoms with Gasteiger partial charge in [-0.2, -0.15) is 0 Å². The van der Waals surface area contributed by atoms with Crippen molar-refractivity contribution < 1.29 is 4.42 Å². The highest BCUT2D eigenvalue weighted by molar-refractivity contribution is 6.20. The maximum atomic E-state index is 6.34. The summed E-state index contributed by atoms with van der Waals surface area (Å²) in [5, 5.41) is 9.70. The zero-order valence-corrected chi connectivity index (χ0v) is 33.1. The number of fused-ring (bicyclic) bond motifs is 7. The number of hydrogen-bond acceptors (Lipinski definition) is 3. The average molecular weight is 777 g/mol. The zero-order valence-electron chi connectivity index (χ0n) is 33.1. The Kier molecular flexibility index (Phi) is 8.17. The predicted molar refractivity (Wildman–Crippen MR) is 254 cm³/mol. The van der Waals surface area contributed by atoms with Crippen molar-refractivity contribution in [2.24, 2.45) is 0 Å². The van der Waals surface area contributed by atoms with Gasteiger partial charge in [0.2, 0.25) is 0 Å². The number of aromatic nitrogens is 2. The largest absolute Gasteiger partial charge is 0.456 e. The van der Waals surface area contributed by atoms with E-state index in [2.05, 4.69) is 200 Å². The van der Waals surface area contributed by atoms with E-state index in [0.29, 0.717) is 5.82 Å². The van der Waals surface area contributed by atoms with Gasteiger partial charge in [0.05, 0.1) is 11.4 Å². The molecular weight excluding hydrogens is 741 g/mol. The van der Waals surface area contributed by atoms with Gasteiger partial charge in [0.25, 0.3) is 0 Å². The number of hydrogen-bond donors (Lipinski definition) is 0. The number of nitrogens with zero attached hydrogens (tertiary/aromatic N) is 2. The molecule has 0 saturated carbocycles. The Morgan fingerprint density at radius 2 is 0.852 bits per heavy atom. The van der Waals surface area contributed by atoms with Crippen LogP contribution < -0.4 is 0 Å². The summed E-state index contributed by atoms with van der Waals surface area (Å²) in [4.78, 5) is 10.6. The Morgan fingerprint density at radius 1 is 0.279 bits per heavy atom. The monoisotopic (exact) mass is 776 g/mol. The van der Waals surface area contributed by atoms with E-state index in [9.17, 15) is 0 Å². The van der Waals surface area contributed by atoms with Crippen molar-refractivity contribution in [3.63, 3.8) is 0 Å². The van der Waals surface area contributed by atoms with Gasteiger partial charge >= 0.3 is 0 Å². The molecule has 61 heavy (non-hydrogen) atoms. The zero-order chi connectivity index (χ0) is 40.3. The van der Waals surface area contributed by atoms with Gasteiger partial charge in [-0.05, 0) is 96.0 Å². The highest BCUT2D eigenvalue weighted by Crippen LogP contribution is 2.41. The van der Waals surface area contributed by atoms with Crippen molar-refractivity contribution in [1.82, 2.24) is 9.97 Å². The van der Waals surface area contributed by atoms with Gasteiger partial charge in [0.15, 0.2) is 5.82 Å². The van der Waals surface area contributed by atoms with E-state index in [0.717, 1.165) is 72.3 Å². The second kappa shape index (κ2) is 14.3. The lowest BCUT2D eigenvalue weighted by atomic mass is 9.89. The Hall–Kier alpha value is -8.14. The molecule has 2 aromatic heterocycles. The van der Waals surface area contributed by atoms with Gasteiger partial charge in [-0.3, -0.25) is 0 Å². The lowest BCUT2D eigenvalue weighted by Crippen LogP contribution is -1.97. The molecule has 3 nitrogen and oxygen atoms in total. The van der Waals surface area contributed by atoms with Crippen LogP contribution in [0, 0.1) is 0 Å². The normalized spacial score (nSPS) is 11.6. The SMILES string of the molecule is c1ccc(-c2ccc(-c3nc(-c4ccc(-c5c6ccccc6cc6c5ccc5ccccc56)cc4)cc(-c4ccccc4-c4ccc5c(c4)oc4ccccc45)n3)cc2)cc1. The Balaban J connectivity index is 1.01. The maximum absolute atomic E-state index is 6.34. The summed E-state index contributed by atoms with van der Waals surface area (Å²) in [5.74, 6) is 0.672. The quantitative estimate of drug-likeness (QED) is 0.125. The van der Waals surface area contributed by atoms with Crippen LogP contribution in [-0.4, -0.2) is 9.97 Å². The molecule has 0 spiro atoms. The molecule has 3 heteroatoms. The fraction of sp³-hybridized carbons (Fsp3) is 0. The molecule has 0 amide bonds. The first-order valence-corrected chi connectivity index (χ1v) is 20.7. The third kappa shape index (κ3) is 6.06. The summed E-state index contributed by atoms with van der Waals surface area (Å²) < 4.78 is 6.34. The number of para-hydroxylation sites is 1. The summed E-state index contributed by atoms with van der Waals surface area (Å²) >= 11 is 0. The molecule has 0 radical (unpaired) electrons. The molecule has 0 aliphatic carbocycles. The molecule has 0 fully saturated rings. The molecule has 0 aliphatic rings. The van der Waals surface area contributed by atoms with Gasteiger partial charge in [0, 0.05) is 27.5 Å². The van der Waals surface area contributed by atoms with Crippen LogP contribution in [0.2, 0.25) is 0 Å². The molecule has 0 saturated heterocycles. The fourth-order valence-corrected chi connectivity index (χ4v) is 9.10. The predicted octanol–water partition coefficient (Wildman–Crippen LogP) is 15.8. The summed E-state index contributed by atoms with van der Waals surface area (Å²) in [7, 11) is 0. The summed E-state index contributed by atoms with van der Waals surface area (Å²) in [5.41, 5.74) is 13.3. The topological polar surface area (TPSA) is 38.9 Å². The summed E-state index contributed by atoms with van der Waals surface area (Å²) in [6, 6.07) is 77.5. The van der Waals surface area contributed by atoms with Gasteiger partial charge in [-0.15, -0.1) is 0 Å². The van der Waals surface area contributed by atoms with Crippen molar-refractivity contribution >= 4 is 54.3 Å². The van der Waals surface area contributed by atoms with Gasteiger partial charge in [-0.25, -0.2) is 9.97 Å². The first-order valence-electron chi connectivity index (χ1n) is 20.7. The van der Waals surface area contributed by atoms with Crippen LogP contribution >= 0.6 is 0 Å². The van der Waals surface area contributed by atoms with Crippen molar-refractivity contribution in [2.75, 3.05) is 0 Å². The molecule has 0 bridgehead atoms. The first kappa shape index (κ1) is 34.9. The Labute approximate surface area is 352 Å². The van der Waals surface area contributed by atoms with Crippen molar-refractivity contribution in [3.05, 3.63) is 218 Å².